The first-order chi connectivity index (χ1) is 18.4. The van der Waals surface area contributed by atoms with Crippen molar-refractivity contribution in [2.24, 2.45) is 0 Å². The fourth-order valence-electron chi connectivity index (χ4n) is 4.21. The summed E-state index contributed by atoms with van der Waals surface area (Å²) in [6.45, 7) is 0. The third-order valence-electron chi connectivity index (χ3n) is 6.08. The summed E-state index contributed by atoms with van der Waals surface area (Å²) in [5.74, 6) is -1.56. The summed E-state index contributed by atoms with van der Waals surface area (Å²) >= 11 is 6.15. The molecule has 38 heavy (non-hydrogen) atoms. The first kappa shape index (κ1) is 24.9. The predicted octanol–water partition coefficient (Wildman–Crippen LogP) is 5.20. The maximum absolute atomic E-state index is 12.8. The number of aromatic amines is 1. The third-order valence-corrected chi connectivity index (χ3v) is 6.32. The minimum Gasteiger partial charge on any atom is -0.508 e. The maximum Gasteiger partial charge on any atom is 0.326 e. The molecule has 4 N–H and O–H groups in total. The van der Waals surface area contributed by atoms with E-state index < -0.39 is 17.9 Å². The minimum absolute atomic E-state index is 0.120. The number of nitrogens with one attached hydrogen (secondary N) is 2. The fraction of sp³-hybridized carbons (Fsp3) is 0.0690. The quantitative estimate of drug-likeness (QED) is 0.207. The van der Waals surface area contributed by atoms with Gasteiger partial charge in [0.2, 0.25) is 5.91 Å². The first-order valence-corrected chi connectivity index (χ1v) is 12.2. The molecule has 0 aliphatic rings. The Kier molecular flexibility index (Phi) is 6.97. The molecule has 0 spiro atoms. The highest BCUT2D eigenvalue weighted by atomic mass is 35.5. The number of rotatable bonds is 8. The number of aromatic nitrogens is 3. The van der Waals surface area contributed by atoms with Gasteiger partial charge in [-0.25, -0.2) is 9.48 Å². The van der Waals surface area contributed by atoms with Crippen molar-refractivity contribution in [1.82, 2.24) is 20.1 Å². The number of benzene rings is 3. The molecular weight excluding hydrogens is 504 g/mol. The van der Waals surface area contributed by atoms with Crippen LogP contribution in [0.25, 0.3) is 33.9 Å². The average molecular weight is 527 g/mol. The van der Waals surface area contributed by atoms with Crippen molar-refractivity contribution in [3.05, 3.63) is 107 Å². The Morgan fingerprint density at radius 3 is 2.63 bits per heavy atom. The van der Waals surface area contributed by atoms with E-state index >= 15 is 0 Å². The molecule has 0 aliphatic heterocycles. The standard InChI is InChI=1S/C29H23ClN4O4/c30-21-4-3-5-22(15-21)34-17-19(28(33-34)18-8-11-23(35)12-9-18)10-13-27(36)32-26(29(37)38)14-20-16-31-25-7-2-1-6-24(20)25/h1-13,15-17,26,31,35H,14H2,(H,32,36)(H,37,38)/b13-10-/t26-/m0/s1. The molecule has 1 atom stereocenters. The second kappa shape index (κ2) is 10.7. The highest BCUT2D eigenvalue weighted by Crippen LogP contribution is 2.27. The van der Waals surface area contributed by atoms with Gasteiger partial charge in [0.1, 0.15) is 11.8 Å². The number of amides is 1. The van der Waals surface area contributed by atoms with E-state index in [4.69, 9.17) is 11.6 Å². The van der Waals surface area contributed by atoms with Gasteiger partial charge in [-0.1, -0.05) is 35.9 Å². The summed E-state index contributed by atoms with van der Waals surface area (Å²) in [5, 5.41) is 28.1. The molecule has 0 aliphatic carbocycles. The van der Waals surface area contributed by atoms with Crippen molar-refractivity contribution in [1.29, 1.82) is 0 Å². The van der Waals surface area contributed by atoms with E-state index in [-0.39, 0.29) is 12.2 Å². The molecule has 2 aromatic heterocycles. The van der Waals surface area contributed by atoms with Crippen LogP contribution >= 0.6 is 11.6 Å². The molecule has 0 saturated carbocycles. The van der Waals surface area contributed by atoms with Crippen LogP contribution in [0.1, 0.15) is 11.1 Å². The Balaban J connectivity index is 1.40. The van der Waals surface area contributed by atoms with Gasteiger partial charge < -0.3 is 20.5 Å². The van der Waals surface area contributed by atoms with Crippen LogP contribution in [-0.4, -0.2) is 42.9 Å². The Labute approximate surface area is 222 Å². The number of phenols is 1. The molecule has 190 valence electrons. The van der Waals surface area contributed by atoms with Crippen LogP contribution in [0, 0.1) is 0 Å². The van der Waals surface area contributed by atoms with Gasteiger partial charge in [0.05, 0.1) is 11.4 Å². The van der Waals surface area contributed by atoms with E-state index in [0.717, 1.165) is 27.7 Å². The number of hydrogen-bond acceptors (Lipinski definition) is 4. The van der Waals surface area contributed by atoms with E-state index in [9.17, 15) is 19.8 Å². The van der Waals surface area contributed by atoms with E-state index in [2.05, 4.69) is 15.4 Å². The van der Waals surface area contributed by atoms with Gasteiger partial charge in [-0.3, -0.25) is 4.79 Å². The van der Waals surface area contributed by atoms with Gasteiger partial charge in [0.25, 0.3) is 0 Å². The van der Waals surface area contributed by atoms with E-state index in [0.29, 0.717) is 16.3 Å². The van der Waals surface area contributed by atoms with Gasteiger partial charge >= 0.3 is 5.97 Å². The molecule has 1 amide bonds. The summed E-state index contributed by atoms with van der Waals surface area (Å²) < 4.78 is 1.64. The molecule has 0 unspecified atom stereocenters. The summed E-state index contributed by atoms with van der Waals surface area (Å²) in [4.78, 5) is 27.8. The summed E-state index contributed by atoms with van der Waals surface area (Å²) in [5.41, 5.74) is 4.35. The molecule has 5 aromatic rings. The van der Waals surface area contributed by atoms with Crippen LogP contribution in [0.3, 0.4) is 0 Å². The normalized spacial score (nSPS) is 12.1. The fourth-order valence-corrected chi connectivity index (χ4v) is 4.39. The van der Waals surface area contributed by atoms with E-state index in [1.54, 1.807) is 59.5 Å². The van der Waals surface area contributed by atoms with Gasteiger partial charge in [-0.05, 0) is 60.2 Å². The number of aliphatic carboxylic acids is 1. The topological polar surface area (TPSA) is 120 Å². The predicted molar refractivity (Wildman–Crippen MR) is 146 cm³/mol. The number of carbonyl (C=O) groups excluding carboxylic acids is 1. The van der Waals surface area contributed by atoms with Crippen molar-refractivity contribution in [3.63, 3.8) is 0 Å². The molecule has 0 fully saturated rings. The van der Waals surface area contributed by atoms with Crippen molar-refractivity contribution in [2.45, 2.75) is 12.5 Å². The number of carbonyl (C=O) groups is 2. The second-order valence-corrected chi connectivity index (χ2v) is 9.14. The zero-order valence-corrected chi connectivity index (χ0v) is 20.8. The maximum atomic E-state index is 12.8. The summed E-state index contributed by atoms with van der Waals surface area (Å²) in [6.07, 6.45) is 6.50. The Bertz CT molecular complexity index is 1650. The molecule has 0 saturated heterocycles. The lowest BCUT2D eigenvalue weighted by Crippen LogP contribution is -2.41. The summed E-state index contributed by atoms with van der Waals surface area (Å²) in [7, 11) is 0. The SMILES string of the molecule is O=C(/C=C\c1cn(-c2cccc(Cl)c2)nc1-c1ccc(O)cc1)N[C@@H](Cc1c[nH]c2ccccc12)C(=O)O. The van der Waals surface area contributed by atoms with Crippen LogP contribution < -0.4 is 5.32 Å². The van der Waals surface area contributed by atoms with Gasteiger partial charge in [0, 0.05) is 51.9 Å². The van der Waals surface area contributed by atoms with Crippen LogP contribution in [0.2, 0.25) is 5.02 Å². The number of para-hydroxylation sites is 1. The number of H-pyrrole nitrogens is 1. The monoisotopic (exact) mass is 526 g/mol. The number of aromatic hydroxyl groups is 1. The molecule has 5 rings (SSSR count). The van der Waals surface area contributed by atoms with Crippen LogP contribution in [0.15, 0.2) is 91.3 Å². The van der Waals surface area contributed by atoms with Crippen molar-refractivity contribution < 1.29 is 19.8 Å². The van der Waals surface area contributed by atoms with Crippen LogP contribution in [0.5, 0.6) is 5.75 Å². The van der Waals surface area contributed by atoms with Crippen molar-refractivity contribution in [3.8, 4) is 22.7 Å². The molecule has 8 nitrogen and oxygen atoms in total. The van der Waals surface area contributed by atoms with Crippen molar-refractivity contribution >= 4 is 40.5 Å². The Morgan fingerprint density at radius 2 is 1.87 bits per heavy atom. The lowest BCUT2D eigenvalue weighted by Gasteiger charge is -2.12. The zero-order chi connectivity index (χ0) is 26.6. The third kappa shape index (κ3) is 5.45. The van der Waals surface area contributed by atoms with E-state index in [1.165, 1.54) is 6.08 Å². The minimum atomic E-state index is -1.13. The van der Waals surface area contributed by atoms with Crippen LogP contribution in [-0.2, 0) is 16.0 Å². The van der Waals surface area contributed by atoms with Gasteiger partial charge in [0.15, 0.2) is 0 Å². The number of fused-ring (bicyclic) bond motifs is 1. The number of nitrogens with zero attached hydrogens (tertiary/aromatic N) is 2. The number of phenolic OH excluding ortho intramolecular Hbond substituents is 1. The number of carboxylic acid groups (broad SMARTS) is 1. The Morgan fingerprint density at radius 1 is 1.08 bits per heavy atom. The van der Waals surface area contributed by atoms with Crippen molar-refractivity contribution in [2.75, 3.05) is 0 Å². The zero-order valence-electron chi connectivity index (χ0n) is 20.0. The van der Waals surface area contributed by atoms with Gasteiger partial charge in [-0.15, -0.1) is 0 Å². The lowest BCUT2D eigenvalue weighted by atomic mass is 10.0. The van der Waals surface area contributed by atoms with Crippen LogP contribution in [0.4, 0.5) is 0 Å². The van der Waals surface area contributed by atoms with E-state index in [1.807, 2.05) is 36.4 Å². The Hall–Kier alpha value is -4.82. The lowest BCUT2D eigenvalue weighted by molar-refractivity contribution is -0.141. The highest BCUT2D eigenvalue weighted by molar-refractivity contribution is 6.30. The largest absolute Gasteiger partial charge is 0.508 e. The number of hydrogen-bond donors (Lipinski definition) is 4. The smallest absolute Gasteiger partial charge is 0.326 e. The van der Waals surface area contributed by atoms with Gasteiger partial charge in [-0.2, -0.15) is 5.10 Å². The molecular formula is C29H23ClN4O4. The molecule has 0 bridgehead atoms. The summed E-state index contributed by atoms with van der Waals surface area (Å²) in [6, 6.07) is 20.2. The molecule has 3 aromatic carbocycles. The average Bonchev–Trinajstić information content (AvgIpc) is 3.52. The highest BCUT2D eigenvalue weighted by Gasteiger charge is 2.21. The molecule has 2 heterocycles. The second-order valence-electron chi connectivity index (χ2n) is 8.70. The first-order valence-electron chi connectivity index (χ1n) is 11.8. The molecule has 9 heteroatoms. The number of carboxylic acids is 1. The number of halogens is 1. The molecule has 0 radical (unpaired) electrons.